The second kappa shape index (κ2) is 7.60. The van der Waals surface area contributed by atoms with Crippen molar-refractivity contribution in [3.63, 3.8) is 0 Å². The zero-order chi connectivity index (χ0) is 17.9. The molecule has 1 saturated heterocycles. The van der Waals surface area contributed by atoms with Crippen LogP contribution in [0.3, 0.4) is 0 Å². The number of benzene rings is 1. The molecule has 0 N–H and O–H groups in total. The SMILES string of the molecule is COc1cccc(CN2CCC(c3nnc(-c4ccc(C)s4)o3)CC2)c1. The Labute approximate surface area is 157 Å². The minimum atomic E-state index is 0.360. The van der Waals surface area contributed by atoms with Crippen LogP contribution < -0.4 is 4.74 Å². The van der Waals surface area contributed by atoms with Crippen molar-refractivity contribution in [3.05, 3.63) is 52.7 Å². The predicted molar refractivity (Wildman–Crippen MR) is 103 cm³/mol. The van der Waals surface area contributed by atoms with Gasteiger partial charge in [-0.3, -0.25) is 4.90 Å². The van der Waals surface area contributed by atoms with Crippen LogP contribution in [0.1, 0.15) is 35.1 Å². The van der Waals surface area contributed by atoms with E-state index in [1.807, 2.05) is 18.2 Å². The Morgan fingerprint density at radius 3 is 2.77 bits per heavy atom. The molecule has 0 aliphatic carbocycles. The van der Waals surface area contributed by atoms with Gasteiger partial charge in [-0.15, -0.1) is 21.5 Å². The molecule has 1 aromatic carbocycles. The van der Waals surface area contributed by atoms with E-state index in [2.05, 4.69) is 40.2 Å². The molecule has 6 heteroatoms. The highest BCUT2D eigenvalue weighted by Crippen LogP contribution is 2.32. The predicted octanol–water partition coefficient (Wildman–Crippen LogP) is 4.49. The molecule has 1 aliphatic rings. The first-order chi connectivity index (χ1) is 12.7. The molecule has 0 radical (unpaired) electrons. The molecular weight excluding hydrogens is 346 g/mol. The van der Waals surface area contributed by atoms with E-state index in [-0.39, 0.29) is 0 Å². The van der Waals surface area contributed by atoms with Crippen LogP contribution in [0.2, 0.25) is 0 Å². The second-order valence-corrected chi connectivity index (χ2v) is 8.05. The van der Waals surface area contributed by atoms with Gasteiger partial charge in [0.05, 0.1) is 12.0 Å². The summed E-state index contributed by atoms with van der Waals surface area (Å²) in [6.45, 7) is 5.12. The smallest absolute Gasteiger partial charge is 0.257 e. The lowest BCUT2D eigenvalue weighted by Gasteiger charge is -2.30. The first kappa shape index (κ1) is 17.2. The Hall–Kier alpha value is -2.18. The van der Waals surface area contributed by atoms with Gasteiger partial charge in [-0.05, 0) is 62.7 Å². The Kier molecular flexibility index (Phi) is 5.04. The van der Waals surface area contributed by atoms with E-state index in [1.54, 1.807) is 18.4 Å². The summed E-state index contributed by atoms with van der Waals surface area (Å²) in [5, 5.41) is 8.56. The van der Waals surface area contributed by atoms with E-state index >= 15 is 0 Å². The average Bonchev–Trinajstić information content (AvgIpc) is 3.32. The molecule has 3 aromatic rings. The summed E-state index contributed by atoms with van der Waals surface area (Å²) < 4.78 is 11.3. The highest BCUT2D eigenvalue weighted by molar-refractivity contribution is 7.15. The quantitative estimate of drug-likeness (QED) is 0.663. The molecule has 1 aliphatic heterocycles. The normalized spacial score (nSPS) is 16.1. The Bertz CT molecular complexity index is 865. The number of piperidine rings is 1. The van der Waals surface area contributed by atoms with Gasteiger partial charge in [0.1, 0.15) is 5.75 Å². The van der Waals surface area contributed by atoms with Crippen molar-refractivity contribution in [2.24, 2.45) is 0 Å². The zero-order valence-corrected chi connectivity index (χ0v) is 16.0. The van der Waals surface area contributed by atoms with Crippen LogP contribution in [0.4, 0.5) is 0 Å². The third-order valence-electron chi connectivity index (χ3n) is 4.87. The maximum absolute atomic E-state index is 5.96. The van der Waals surface area contributed by atoms with Gasteiger partial charge in [-0.1, -0.05) is 12.1 Å². The fourth-order valence-corrected chi connectivity index (χ4v) is 4.20. The molecule has 3 heterocycles. The molecule has 2 aromatic heterocycles. The number of thiophene rings is 1. The molecule has 0 amide bonds. The van der Waals surface area contributed by atoms with Crippen LogP contribution in [-0.2, 0) is 6.54 Å². The van der Waals surface area contributed by atoms with Crippen LogP contribution in [0, 0.1) is 6.92 Å². The molecule has 0 atom stereocenters. The molecular formula is C20H23N3O2S. The van der Waals surface area contributed by atoms with E-state index in [9.17, 15) is 0 Å². The fraction of sp³-hybridized carbons (Fsp3) is 0.400. The van der Waals surface area contributed by atoms with Crippen molar-refractivity contribution in [3.8, 4) is 16.5 Å². The number of aromatic nitrogens is 2. The maximum atomic E-state index is 5.96. The maximum Gasteiger partial charge on any atom is 0.257 e. The van der Waals surface area contributed by atoms with Crippen molar-refractivity contribution < 1.29 is 9.15 Å². The summed E-state index contributed by atoms with van der Waals surface area (Å²) in [5.41, 5.74) is 1.29. The standard InChI is InChI=1S/C20H23N3O2S/c1-14-6-7-18(26-14)20-22-21-19(25-20)16-8-10-23(11-9-16)13-15-4-3-5-17(12-15)24-2/h3-7,12,16H,8-11,13H2,1-2H3. The molecule has 0 bridgehead atoms. The summed E-state index contributed by atoms with van der Waals surface area (Å²) in [6, 6.07) is 12.4. The number of nitrogens with zero attached hydrogens (tertiary/aromatic N) is 3. The number of methoxy groups -OCH3 is 1. The number of ether oxygens (including phenoxy) is 1. The lowest BCUT2D eigenvalue weighted by atomic mass is 9.96. The van der Waals surface area contributed by atoms with Crippen molar-refractivity contribution in [2.75, 3.05) is 20.2 Å². The minimum Gasteiger partial charge on any atom is -0.497 e. The van der Waals surface area contributed by atoms with Gasteiger partial charge in [-0.25, -0.2) is 0 Å². The van der Waals surface area contributed by atoms with E-state index < -0.39 is 0 Å². The van der Waals surface area contributed by atoms with Gasteiger partial charge in [0.25, 0.3) is 5.89 Å². The van der Waals surface area contributed by atoms with Crippen molar-refractivity contribution >= 4 is 11.3 Å². The van der Waals surface area contributed by atoms with Crippen molar-refractivity contribution in [2.45, 2.75) is 32.2 Å². The number of aryl methyl sites for hydroxylation is 1. The lowest BCUT2D eigenvalue weighted by molar-refractivity contribution is 0.193. The van der Waals surface area contributed by atoms with Gasteiger partial charge in [0.2, 0.25) is 5.89 Å². The Morgan fingerprint density at radius 2 is 2.04 bits per heavy atom. The van der Waals surface area contributed by atoms with Crippen molar-refractivity contribution in [1.29, 1.82) is 0 Å². The van der Waals surface area contributed by atoms with E-state index in [4.69, 9.17) is 9.15 Å². The van der Waals surface area contributed by atoms with Crippen LogP contribution in [-0.4, -0.2) is 35.3 Å². The third-order valence-corrected chi connectivity index (χ3v) is 5.86. The van der Waals surface area contributed by atoms with Gasteiger partial charge < -0.3 is 9.15 Å². The van der Waals surface area contributed by atoms with Crippen LogP contribution >= 0.6 is 11.3 Å². The fourth-order valence-electron chi connectivity index (χ4n) is 3.42. The molecule has 0 saturated carbocycles. The molecule has 136 valence electrons. The van der Waals surface area contributed by atoms with Gasteiger partial charge in [0, 0.05) is 17.3 Å². The highest BCUT2D eigenvalue weighted by Gasteiger charge is 2.25. The van der Waals surface area contributed by atoms with Gasteiger partial charge >= 0.3 is 0 Å². The monoisotopic (exact) mass is 369 g/mol. The van der Waals surface area contributed by atoms with E-state index in [1.165, 1.54) is 10.4 Å². The number of hydrogen-bond donors (Lipinski definition) is 0. The summed E-state index contributed by atoms with van der Waals surface area (Å²) in [7, 11) is 1.71. The zero-order valence-electron chi connectivity index (χ0n) is 15.1. The van der Waals surface area contributed by atoms with Crippen LogP contribution in [0.5, 0.6) is 5.75 Å². The molecule has 5 nitrogen and oxygen atoms in total. The molecule has 4 rings (SSSR count). The minimum absolute atomic E-state index is 0.360. The second-order valence-electron chi connectivity index (χ2n) is 6.76. The first-order valence-electron chi connectivity index (χ1n) is 8.97. The van der Waals surface area contributed by atoms with Crippen LogP contribution in [0.25, 0.3) is 10.8 Å². The first-order valence-corrected chi connectivity index (χ1v) is 9.78. The van der Waals surface area contributed by atoms with E-state index in [0.717, 1.165) is 49.0 Å². The topological polar surface area (TPSA) is 51.4 Å². The van der Waals surface area contributed by atoms with Gasteiger partial charge in [-0.2, -0.15) is 0 Å². The molecule has 1 fully saturated rings. The lowest BCUT2D eigenvalue weighted by Crippen LogP contribution is -2.32. The molecule has 26 heavy (non-hydrogen) atoms. The number of likely N-dealkylation sites (tertiary alicyclic amines) is 1. The Balaban J connectivity index is 1.35. The summed E-state index contributed by atoms with van der Waals surface area (Å²) in [4.78, 5) is 4.79. The average molecular weight is 369 g/mol. The largest absolute Gasteiger partial charge is 0.497 e. The summed E-state index contributed by atoms with van der Waals surface area (Å²) in [5.74, 6) is 2.71. The highest BCUT2D eigenvalue weighted by atomic mass is 32.1. The van der Waals surface area contributed by atoms with Crippen LogP contribution in [0.15, 0.2) is 40.8 Å². The molecule has 0 unspecified atom stereocenters. The van der Waals surface area contributed by atoms with Gasteiger partial charge in [0.15, 0.2) is 0 Å². The Morgan fingerprint density at radius 1 is 1.19 bits per heavy atom. The molecule has 0 spiro atoms. The summed E-state index contributed by atoms with van der Waals surface area (Å²) >= 11 is 1.69. The number of rotatable bonds is 5. The van der Waals surface area contributed by atoms with Crippen molar-refractivity contribution in [1.82, 2.24) is 15.1 Å². The third kappa shape index (κ3) is 3.81. The van der Waals surface area contributed by atoms with E-state index in [0.29, 0.717) is 11.8 Å². The number of hydrogen-bond acceptors (Lipinski definition) is 6. The summed E-state index contributed by atoms with van der Waals surface area (Å²) in [6.07, 6.45) is 2.10.